The van der Waals surface area contributed by atoms with Crippen molar-refractivity contribution in [1.82, 2.24) is 4.90 Å². The van der Waals surface area contributed by atoms with Crippen molar-refractivity contribution < 1.29 is 19.1 Å². The van der Waals surface area contributed by atoms with E-state index in [0.29, 0.717) is 45.9 Å². The molecule has 0 bridgehead atoms. The highest BCUT2D eigenvalue weighted by Crippen LogP contribution is 2.21. The van der Waals surface area contributed by atoms with E-state index in [1.54, 1.807) is 6.92 Å². The van der Waals surface area contributed by atoms with Crippen molar-refractivity contribution in [3.8, 4) is 0 Å². The van der Waals surface area contributed by atoms with E-state index < -0.39 is 0 Å². The van der Waals surface area contributed by atoms with Crippen LogP contribution in [0.5, 0.6) is 0 Å². The first-order chi connectivity index (χ1) is 9.63. The number of carbonyl (C=O) groups is 2. The second-order valence-electron chi connectivity index (χ2n) is 4.73. The lowest BCUT2D eigenvalue weighted by molar-refractivity contribution is -0.128. The second-order valence-corrected chi connectivity index (χ2v) is 5.92. The molecule has 0 radical (unpaired) electrons. The summed E-state index contributed by atoms with van der Waals surface area (Å²) in [5.74, 6) is 1.16. The van der Waals surface area contributed by atoms with E-state index in [4.69, 9.17) is 15.2 Å². The standard InChI is InChI=1S/C13H24N2O4S/c1-11(16)20-10-12-8-13(17)15(9-12)3-5-19-7-6-18-4-2-14/h12H,2-10,14H2,1H3. The molecule has 0 aliphatic carbocycles. The summed E-state index contributed by atoms with van der Waals surface area (Å²) in [6.45, 7) is 5.52. The Morgan fingerprint density at radius 2 is 2.05 bits per heavy atom. The van der Waals surface area contributed by atoms with Crippen LogP contribution >= 0.6 is 11.8 Å². The summed E-state index contributed by atoms with van der Waals surface area (Å²) in [4.78, 5) is 24.5. The van der Waals surface area contributed by atoms with Gasteiger partial charge in [0.15, 0.2) is 5.12 Å². The molecule has 1 rings (SSSR count). The Hall–Kier alpha value is -0.630. The first-order valence-corrected chi connectivity index (χ1v) is 7.88. The van der Waals surface area contributed by atoms with Gasteiger partial charge in [-0.3, -0.25) is 9.59 Å². The predicted molar refractivity (Wildman–Crippen MR) is 78.5 cm³/mol. The molecule has 20 heavy (non-hydrogen) atoms. The number of nitrogens with two attached hydrogens (primary N) is 1. The summed E-state index contributed by atoms with van der Waals surface area (Å²) >= 11 is 1.30. The molecule has 1 saturated heterocycles. The molecule has 0 aromatic carbocycles. The average Bonchev–Trinajstić information content (AvgIpc) is 2.76. The van der Waals surface area contributed by atoms with Crippen molar-refractivity contribution in [2.45, 2.75) is 13.3 Å². The lowest BCUT2D eigenvalue weighted by atomic mass is 10.1. The zero-order valence-corrected chi connectivity index (χ0v) is 12.8. The fourth-order valence-electron chi connectivity index (χ4n) is 2.00. The Labute approximate surface area is 124 Å². The minimum atomic E-state index is 0.108. The predicted octanol–water partition coefficient (Wildman–Crippen LogP) is 0.107. The smallest absolute Gasteiger partial charge is 0.223 e. The topological polar surface area (TPSA) is 81.9 Å². The number of carbonyl (C=O) groups excluding carboxylic acids is 2. The van der Waals surface area contributed by atoms with Crippen molar-refractivity contribution >= 4 is 22.8 Å². The monoisotopic (exact) mass is 304 g/mol. The van der Waals surface area contributed by atoms with Gasteiger partial charge in [-0.2, -0.15) is 0 Å². The normalized spacial score (nSPS) is 18.8. The number of hydrogen-bond donors (Lipinski definition) is 1. The summed E-state index contributed by atoms with van der Waals surface area (Å²) in [6.07, 6.45) is 0.542. The van der Waals surface area contributed by atoms with Crippen molar-refractivity contribution in [3.05, 3.63) is 0 Å². The Kier molecular flexibility index (Phi) is 8.84. The van der Waals surface area contributed by atoms with E-state index in [0.717, 1.165) is 12.3 Å². The van der Waals surface area contributed by atoms with Gasteiger partial charge < -0.3 is 20.1 Å². The fraction of sp³-hybridized carbons (Fsp3) is 0.846. The van der Waals surface area contributed by atoms with Crippen LogP contribution in [-0.4, -0.2) is 67.7 Å². The van der Waals surface area contributed by atoms with Crippen LogP contribution in [-0.2, 0) is 19.1 Å². The van der Waals surface area contributed by atoms with Gasteiger partial charge in [0.05, 0.1) is 26.4 Å². The first kappa shape index (κ1) is 17.4. The summed E-state index contributed by atoms with van der Waals surface area (Å²) in [6, 6.07) is 0. The molecule has 1 aliphatic rings. The van der Waals surface area contributed by atoms with Crippen molar-refractivity contribution in [1.29, 1.82) is 0 Å². The molecule has 0 saturated carbocycles. The van der Waals surface area contributed by atoms with E-state index >= 15 is 0 Å². The average molecular weight is 304 g/mol. The van der Waals surface area contributed by atoms with Crippen LogP contribution in [0.3, 0.4) is 0 Å². The Balaban J connectivity index is 2.06. The van der Waals surface area contributed by atoms with Crippen molar-refractivity contribution in [3.63, 3.8) is 0 Å². The summed E-state index contributed by atoms with van der Waals surface area (Å²) in [5.41, 5.74) is 5.29. The second kappa shape index (κ2) is 10.1. The molecule has 1 heterocycles. The molecule has 1 fully saturated rings. The molecular formula is C13H24N2O4S. The molecule has 2 N–H and O–H groups in total. The number of ether oxygens (including phenoxy) is 2. The fourth-order valence-corrected chi connectivity index (χ4v) is 2.69. The van der Waals surface area contributed by atoms with Crippen molar-refractivity contribution in [2.75, 3.05) is 51.8 Å². The molecule has 116 valence electrons. The van der Waals surface area contributed by atoms with Gasteiger partial charge in [0.1, 0.15) is 0 Å². The lowest BCUT2D eigenvalue weighted by Gasteiger charge is -2.16. The molecule has 0 aromatic rings. The SMILES string of the molecule is CC(=O)SCC1CC(=O)N(CCOCCOCCN)C1. The van der Waals surface area contributed by atoms with Crippen LogP contribution in [0.1, 0.15) is 13.3 Å². The summed E-state index contributed by atoms with van der Waals surface area (Å²) < 4.78 is 10.6. The highest BCUT2D eigenvalue weighted by molar-refractivity contribution is 8.13. The third kappa shape index (κ3) is 7.23. The third-order valence-electron chi connectivity index (χ3n) is 2.96. The van der Waals surface area contributed by atoms with Gasteiger partial charge in [-0.15, -0.1) is 0 Å². The van der Waals surface area contributed by atoms with Crippen molar-refractivity contribution in [2.24, 2.45) is 11.7 Å². The molecule has 7 heteroatoms. The number of rotatable bonds is 10. The molecule has 0 spiro atoms. The Bertz CT molecular complexity index is 315. The molecule has 0 aromatic heterocycles. The van der Waals surface area contributed by atoms with Gasteiger partial charge in [0.2, 0.25) is 5.91 Å². The first-order valence-electron chi connectivity index (χ1n) is 6.90. The number of thioether (sulfide) groups is 1. The summed E-state index contributed by atoms with van der Waals surface area (Å²) in [7, 11) is 0. The Morgan fingerprint density at radius 3 is 2.70 bits per heavy atom. The number of likely N-dealkylation sites (tertiary alicyclic amines) is 1. The van der Waals surface area contributed by atoms with Crippen LogP contribution < -0.4 is 5.73 Å². The van der Waals surface area contributed by atoms with Gasteiger partial charge in [-0.1, -0.05) is 11.8 Å². The third-order valence-corrected chi connectivity index (χ3v) is 4.00. The maximum Gasteiger partial charge on any atom is 0.223 e. The largest absolute Gasteiger partial charge is 0.378 e. The van der Waals surface area contributed by atoms with Gasteiger partial charge in [-0.05, 0) is 5.92 Å². The maximum absolute atomic E-state index is 11.8. The van der Waals surface area contributed by atoms with Crippen LogP contribution in [0, 0.1) is 5.92 Å². The zero-order valence-electron chi connectivity index (χ0n) is 12.0. The van der Waals surface area contributed by atoms with Crippen LogP contribution in [0.4, 0.5) is 0 Å². The minimum Gasteiger partial charge on any atom is -0.378 e. The van der Waals surface area contributed by atoms with E-state index in [2.05, 4.69) is 0 Å². The Morgan fingerprint density at radius 1 is 1.35 bits per heavy atom. The molecule has 1 atom stereocenters. The number of nitrogens with zero attached hydrogens (tertiary/aromatic N) is 1. The highest BCUT2D eigenvalue weighted by atomic mass is 32.2. The van der Waals surface area contributed by atoms with Gasteiger partial charge in [-0.25, -0.2) is 0 Å². The summed E-state index contributed by atoms with van der Waals surface area (Å²) in [5, 5.41) is 0.108. The van der Waals surface area contributed by atoms with Gasteiger partial charge >= 0.3 is 0 Å². The van der Waals surface area contributed by atoms with Crippen LogP contribution in [0.2, 0.25) is 0 Å². The highest BCUT2D eigenvalue weighted by Gasteiger charge is 2.29. The van der Waals surface area contributed by atoms with Gasteiger partial charge in [0, 0.05) is 38.7 Å². The minimum absolute atomic E-state index is 0.108. The van der Waals surface area contributed by atoms with Crippen LogP contribution in [0.25, 0.3) is 0 Å². The number of hydrogen-bond acceptors (Lipinski definition) is 6. The van der Waals surface area contributed by atoms with E-state index in [1.807, 2.05) is 4.90 Å². The molecular weight excluding hydrogens is 280 g/mol. The van der Waals surface area contributed by atoms with E-state index in [9.17, 15) is 9.59 Å². The van der Waals surface area contributed by atoms with E-state index in [-0.39, 0.29) is 16.9 Å². The van der Waals surface area contributed by atoms with Gasteiger partial charge in [0.25, 0.3) is 0 Å². The quantitative estimate of drug-likeness (QED) is 0.577. The molecule has 1 unspecified atom stereocenters. The molecule has 1 aliphatic heterocycles. The lowest BCUT2D eigenvalue weighted by Crippen LogP contribution is -2.29. The number of amides is 1. The van der Waals surface area contributed by atoms with Crippen LogP contribution in [0.15, 0.2) is 0 Å². The maximum atomic E-state index is 11.8. The molecule has 6 nitrogen and oxygen atoms in total. The zero-order chi connectivity index (χ0) is 14.8. The van der Waals surface area contributed by atoms with E-state index in [1.165, 1.54) is 11.8 Å². The molecule has 1 amide bonds.